The SMILES string of the molecule is O=C(c1ccc(S(=O)(=O)Nc2ccncc2)cc1)N1CCCO1. The second kappa shape index (κ2) is 6.35. The summed E-state index contributed by atoms with van der Waals surface area (Å²) in [7, 11) is -3.71. The Kier molecular flexibility index (Phi) is 4.26. The van der Waals surface area contributed by atoms with Gasteiger partial charge in [0.05, 0.1) is 23.7 Å². The Bertz CT molecular complexity index is 785. The zero-order chi connectivity index (χ0) is 16.3. The molecular weight excluding hydrogens is 318 g/mol. The second-order valence-corrected chi connectivity index (χ2v) is 6.64. The summed E-state index contributed by atoms with van der Waals surface area (Å²) in [6.45, 7) is 1.07. The van der Waals surface area contributed by atoms with E-state index in [1.165, 1.54) is 41.7 Å². The van der Waals surface area contributed by atoms with Crippen molar-refractivity contribution in [3.05, 3.63) is 54.4 Å². The van der Waals surface area contributed by atoms with Crippen molar-refractivity contribution in [1.82, 2.24) is 10.0 Å². The monoisotopic (exact) mass is 333 g/mol. The van der Waals surface area contributed by atoms with Crippen molar-refractivity contribution in [2.45, 2.75) is 11.3 Å². The minimum atomic E-state index is -3.71. The average molecular weight is 333 g/mol. The normalized spacial score (nSPS) is 14.7. The van der Waals surface area contributed by atoms with Crippen LogP contribution in [0.4, 0.5) is 5.69 Å². The van der Waals surface area contributed by atoms with Crippen molar-refractivity contribution in [1.29, 1.82) is 0 Å². The van der Waals surface area contributed by atoms with Gasteiger partial charge in [0.25, 0.3) is 15.9 Å². The summed E-state index contributed by atoms with van der Waals surface area (Å²) in [5.41, 5.74) is 0.806. The Balaban J connectivity index is 1.77. The standard InChI is InChI=1S/C15H15N3O4S/c19-15(18-10-1-11-22-18)12-2-4-14(5-3-12)23(20,21)17-13-6-8-16-9-7-13/h2-9H,1,10-11H2,(H,16,17). The fourth-order valence-electron chi connectivity index (χ4n) is 2.16. The summed E-state index contributed by atoms with van der Waals surface area (Å²) < 4.78 is 27.0. The molecule has 3 rings (SSSR count). The molecule has 8 heteroatoms. The Labute approximate surface area is 133 Å². The van der Waals surface area contributed by atoms with E-state index in [0.29, 0.717) is 24.4 Å². The zero-order valence-corrected chi connectivity index (χ0v) is 13.0. The van der Waals surface area contributed by atoms with E-state index in [4.69, 9.17) is 4.84 Å². The number of nitrogens with zero attached hydrogens (tertiary/aromatic N) is 2. The third-order valence-corrected chi connectivity index (χ3v) is 4.72. The van der Waals surface area contributed by atoms with Crippen LogP contribution < -0.4 is 4.72 Å². The van der Waals surface area contributed by atoms with E-state index in [1.807, 2.05) is 0 Å². The van der Waals surface area contributed by atoms with Crippen LogP contribution in [0.2, 0.25) is 0 Å². The van der Waals surface area contributed by atoms with Crippen LogP contribution in [0, 0.1) is 0 Å². The van der Waals surface area contributed by atoms with Crippen LogP contribution in [-0.4, -0.2) is 37.5 Å². The summed E-state index contributed by atoms with van der Waals surface area (Å²) in [6.07, 6.45) is 3.79. The molecule has 1 aromatic carbocycles. The Hall–Kier alpha value is -2.45. The molecule has 1 aromatic heterocycles. The van der Waals surface area contributed by atoms with Crippen molar-refractivity contribution >= 4 is 21.6 Å². The van der Waals surface area contributed by atoms with Gasteiger partial charge in [-0.15, -0.1) is 0 Å². The van der Waals surface area contributed by atoms with Crippen LogP contribution in [0.25, 0.3) is 0 Å². The molecule has 0 aliphatic carbocycles. The van der Waals surface area contributed by atoms with E-state index in [0.717, 1.165) is 6.42 Å². The van der Waals surface area contributed by atoms with Crippen LogP contribution in [0.1, 0.15) is 16.8 Å². The molecule has 0 atom stereocenters. The molecule has 1 aliphatic rings. The Morgan fingerprint density at radius 2 is 1.83 bits per heavy atom. The number of pyridine rings is 1. The number of hydroxylamine groups is 2. The lowest BCUT2D eigenvalue weighted by molar-refractivity contribution is -0.0768. The second-order valence-electron chi connectivity index (χ2n) is 4.96. The molecular formula is C15H15N3O4S. The van der Waals surface area contributed by atoms with Crippen LogP contribution in [0.5, 0.6) is 0 Å². The quantitative estimate of drug-likeness (QED) is 0.919. The molecule has 1 saturated heterocycles. The Morgan fingerprint density at radius 3 is 2.43 bits per heavy atom. The van der Waals surface area contributed by atoms with Gasteiger partial charge >= 0.3 is 0 Å². The van der Waals surface area contributed by atoms with Gasteiger partial charge in [-0.1, -0.05) is 0 Å². The minimum Gasteiger partial charge on any atom is -0.280 e. The van der Waals surface area contributed by atoms with Gasteiger partial charge in [0, 0.05) is 18.0 Å². The third-order valence-electron chi connectivity index (χ3n) is 3.32. The van der Waals surface area contributed by atoms with Gasteiger partial charge in [0.2, 0.25) is 0 Å². The molecule has 120 valence electrons. The first-order chi connectivity index (χ1) is 11.1. The number of carbonyl (C=O) groups is 1. The highest BCUT2D eigenvalue weighted by Crippen LogP contribution is 2.17. The van der Waals surface area contributed by atoms with Crippen molar-refractivity contribution in [2.24, 2.45) is 0 Å². The van der Waals surface area contributed by atoms with Gasteiger partial charge in [0.1, 0.15) is 0 Å². The maximum absolute atomic E-state index is 12.3. The fourth-order valence-corrected chi connectivity index (χ4v) is 3.22. The molecule has 0 bridgehead atoms. The Morgan fingerprint density at radius 1 is 1.13 bits per heavy atom. The number of carbonyl (C=O) groups excluding carboxylic acids is 1. The maximum Gasteiger partial charge on any atom is 0.277 e. The summed E-state index contributed by atoms with van der Waals surface area (Å²) >= 11 is 0. The molecule has 0 spiro atoms. The molecule has 0 unspecified atom stereocenters. The molecule has 0 radical (unpaired) electrons. The highest BCUT2D eigenvalue weighted by atomic mass is 32.2. The summed E-state index contributed by atoms with van der Waals surface area (Å²) in [5, 5.41) is 1.29. The number of anilines is 1. The molecule has 2 heterocycles. The minimum absolute atomic E-state index is 0.0770. The predicted molar refractivity (Wildman–Crippen MR) is 83.1 cm³/mol. The number of sulfonamides is 1. The molecule has 0 saturated carbocycles. The lowest BCUT2D eigenvalue weighted by Gasteiger charge is -2.14. The first-order valence-corrected chi connectivity index (χ1v) is 8.52. The average Bonchev–Trinajstić information content (AvgIpc) is 3.09. The highest BCUT2D eigenvalue weighted by molar-refractivity contribution is 7.92. The first-order valence-electron chi connectivity index (χ1n) is 7.04. The van der Waals surface area contributed by atoms with E-state index in [-0.39, 0.29) is 10.8 Å². The fraction of sp³-hybridized carbons (Fsp3) is 0.200. The van der Waals surface area contributed by atoms with Gasteiger partial charge in [-0.2, -0.15) is 0 Å². The molecule has 23 heavy (non-hydrogen) atoms. The topological polar surface area (TPSA) is 88.6 Å². The molecule has 1 amide bonds. The smallest absolute Gasteiger partial charge is 0.277 e. The van der Waals surface area contributed by atoms with Gasteiger partial charge in [0.15, 0.2) is 0 Å². The number of hydrogen-bond acceptors (Lipinski definition) is 5. The van der Waals surface area contributed by atoms with Crippen LogP contribution >= 0.6 is 0 Å². The van der Waals surface area contributed by atoms with Gasteiger partial charge < -0.3 is 0 Å². The number of aromatic nitrogens is 1. The molecule has 1 aliphatic heterocycles. The lowest BCUT2D eigenvalue weighted by atomic mass is 10.2. The van der Waals surface area contributed by atoms with E-state index < -0.39 is 10.0 Å². The van der Waals surface area contributed by atoms with Crippen LogP contribution in [0.3, 0.4) is 0 Å². The number of benzene rings is 1. The van der Waals surface area contributed by atoms with E-state index in [2.05, 4.69) is 9.71 Å². The molecule has 2 aromatic rings. The van der Waals surface area contributed by atoms with Gasteiger partial charge in [-0.3, -0.25) is 19.3 Å². The number of amides is 1. The summed E-state index contributed by atoms with van der Waals surface area (Å²) in [5.74, 6) is -0.270. The number of hydrogen-bond donors (Lipinski definition) is 1. The van der Waals surface area contributed by atoms with Gasteiger partial charge in [-0.05, 0) is 42.8 Å². The van der Waals surface area contributed by atoms with E-state index >= 15 is 0 Å². The van der Waals surface area contributed by atoms with Gasteiger partial charge in [-0.25, -0.2) is 13.5 Å². The van der Waals surface area contributed by atoms with Crippen LogP contribution in [0.15, 0.2) is 53.7 Å². The number of rotatable bonds is 4. The van der Waals surface area contributed by atoms with Crippen LogP contribution in [-0.2, 0) is 14.9 Å². The summed E-state index contributed by atoms with van der Waals surface area (Å²) in [4.78, 5) is 21.2. The largest absolute Gasteiger partial charge is 0.280 e. The molecule has 1 fully saturated rings. The molecule has 7 nitrogen and oxygen atoms in total. The summed E-state index contributed by atoms with van der Waals surface area (Å²) in [6, 6.07) is 8.86. The maximum atomic E-state index is 12.3. The first kappa shape index (κ1) is 15.4. The van der Waals surface area contributed by atoms with E-state index in [9.17, 15) is 13.2 Å². The third kappa shape index (κ3) is 3.49. The lowest BCUT2D eigenvalue weighted by Crippen LogP contribution is -2.26. The molecule has 1 N–H and O–H groups in total. The highest BCUT2D eigenvalue weighted by Gasteiger charge is 2.21. The van der Waals surface area contributed by atoms with Crippen molar-refractivity contribution in [3.8, 4) is 0 Å². The van der Waals surface area contributed by atoms with Crippen molar-refractivity contribution in [3.63, 3.8) is 0 Å². The number of nitrogens with one attached hydrogen (secondary N) is 1. The predicted octanol–water partition coefficient (Wildman–Crippen LogP) is 1.66. The van der Waals surface area contributed by atoms with Crippen molar-refractivity contribution < 1.29 is 18.0 Å². The van der Waals surface area contributed by atoms with Crippen molar-refractivity contribution in [2.75, 3.05) is 17.9 Å². The van der Waals surface area contributed by atoms with E-state index in [1.54, 1.807) is 12.1 Å². The zero-order valence-electron chi connectivity index (χ0n) is 12.2.